The van der Waals surface area contributed by atoms with Crippen LogP contribution in [0.2, 0.25) is 0 Å². The highest BCUT2D eigenvalue weighted by atomic mass is 16.5. The molecule has 3 rings (SSSR count). The minimum Gasteiger partial charge on any atom is -0.496 e. The van der Waals surface area contributed by atoms with Crippen LogP contribution in [0.25, 0.3) is 10.8 Å². The standard InChI is InChI=1S/C21H24O3/c1-5-14-10-11-17-18(12-14)20(24-21(22)13(2)3)16-9-7-6-8-15(16)19(17)23-4/h6-9,14H,2,5,10-12H2,1,3-4H3. The highest BCUT2D eigenvalue weighted by Crippen LogP contribution is 2.45. The molecule has 1 aliphatic carbocycles. The quantitative estimate of drug-likeness (QED) is 0.458. The number of ether oxygens (including phenoxy) is 2. The third kappa shape index (κ3) is 2.79. The molecule has 0 fully saturated rings. The van der Waals surface area contributed by atoms with Gasteiger partial charge in [-0.05, 0) is 32.1 Å². The third-order valence-electron chi connectivity index (χ3n) is 4.95. The molecule has 2 aromatic rings. The van der Waals surface area contributed by atoms with Crippen LogP contribution < -0.4 is 9.47 Å². The van der Waals surface area contributed by atoms with Gasteiger partial charge in [0.2, 0.25) is 0 Å². The molecule has 24 heavy (non-hydrogen) atoms. The molecule has 1 unspecified atom stereocenters. The van der Waals surface area contributed by atoms with Crippen molar-refractivity contribution in [2.75, 3.05) is 7.11 Å². The van der Waals surface area contributed by atoms with Crippen molar-refractivity contribution in [3.8, 4) is 11.5 Å². The fourth-order valence-corrected chi connectivity index (χ4v) is 3.58. The van der Waals surface area contributed by atoms with Gasteiger partial charge in [-0.1, -0.05) is 44.2 Å². The van der Waals surface area contributed by atoms with Crippen molar-refractivity contribution in [1.29, 1.82) is 0 Å². The molecule has 1 atom stereocenters. The third-order valence-corrected chi connectivity index (χ3v) is 4.95. The van der Waals surface area contributed by atoms with Gasteiger partial charge in [-0.3, -0.25) is 0 Å². The molecular weight excluding hydrogens is 300 g/mol. The van der Waals surface area contributed by atoms with Crippen molar-refractivity contribution < 1.29 is 14.3 Å². The van der Waals surface area contributed by atoms with E-state index in [9.17, 15) is 4.79 Å². The van der Waals surface area contributed by atoms with Gasteiger partial charge in [0.25, 0.3) is 0 Å². The van der Waals surface area contributed by atoms with Crippen LogP contribution >= 0.6 is 0 Å². The Balaban J connectivity index is 2.27. The van der Waals surface area contributed by atoms with E-state index in [2.05, 4.69) is 13.5 Å². The number of hydrogen-bond donors (Lipinski definition) is 0. The first-order valence-electron chi connectivity index (χ1n) is 8.54. The second-order valence-electron chi connectivity index (χ2n) is 6.55. The van der Waals surface area contributed by atoms with Crippen molar-refractivity contribution in [2.45, 2.75) is 39.5 Å². The second kappa shape index (κ2) is 6.68. The van der Waals surface area contributed by atoms with Gasteiger partial charge in [0.1, 0.15) is 11.5 Å². The molecule has 0 radical (unpaired) electrons. The van der Waals surface area contributed by atoms with Crippen LogP contribution in [0.5, 0.6) is 11.5 Å². The highest BCUT2D eigenvalue weighted by molar-refractivity contribution is 5.99. The molecule has 0 saturated heterocycles. The van der Waals surface area contributed by atoms with E-state index in [0.29, 0.717) is 17.2 Å². The molecule has 0 heterocycles. The van der Waals surface area contributed by atoms with E-state index in [-0.39, 0.29) is 5.97 Å². The van der Waals surface area contributed by atoms with E-state index in [1.54, 1.807) is 14.0 Å². The summed E-state index contributed by atoms with van der Waals surface area (Å²) in [6.45, 7) is 7.60. The van der Waals surface area contributed by atoms with Crippen molar-refractivity contribution in [2.24, 2.45) is 5.92 Å². The number of benzene rings is 2. The number of methoxy groups -OCH3 is 1. The first-order chi connectivity index (χ1) is 11.6. The molecule has 3 nitrogen and oxygen atoms in total. The monoisotopic (exact) mass is 324 g/mol. The van der Waals surface area contributed by atoms with Crippen molar-refractivity contribution in [3.05, 3.63) is 47.5 Å². The van der Waals surface area contributed by atoms with Crippen LogP contribution in [0.1, 0.15) is 37.8 Å². The molecule has 0 aliphatic heterocycles. The minimum absolute atomic E-state index is 0.369. The fraction of sp³-hybridized carbons (Fsp3) is 0.381. The van der Waals surface area contributed by atoms with Gasteiger partial charge >= 0.3 is 5.97 Å². The Hall–Kier alpha value is -2.29. The van der Waals surface area contributed by atoms with E-state index in [4.69, 9.17) is 9.47 Å². The molecule has 0 amide bonds. The Bertz CT molecular complexity index is 804. The summed E-state index contributed by atoms with van der Waals surface area (Å²) in [4.78, 5) is 12.2. The predicted octanol–water partition coefficient (Wildman–Crippen LogP) is 4.84. The number of esters is 1. The lowest BCUT2D eigenvalue weighted by molar-refractivity contribution is -0.130. The summed E-state index contributed by atoms with van der Waals surface area (Å²) in [5.74, 6) is 1.86. The molecule has 3 heteroatoms. The van der Waals surface area contributed by atoms with E-state index < -0.39 is 0 Å². The topological polar surface area (TPSA) is 35.5 Å². The fourth-order valence-electron chi connectivity index (χ4n) is 3.58. The number of carbonyl (C=O) groups excluding carboxylic acids is 1. The molecular formula is C21H24O3. The van der Waals surface area contributed by atoms with Crippen LogP contribution in [0, 0.1) is 5.92 Å². The number of hydrogen-bond acceptors (Lipinski definition) is 3. The summed E-state index contributed by atoms with van der Waals surface area (Å²) in [7, 11) is 1.72. The summed E-state index contributed by atoms with van der Waals surface area (Å²) in [5.41, 5.74) is 2.72. The lowest BCUT2D eigenvalue weighted by atomic mass is 9.80. The Labute approximate surface area is 143 Å². The van der Waals surface area contributed by atoms with Crippen LogP contribution in [0.15, 0.2) is 36.4 Å². The average molecular weight is 324 g/mol. The lowest BCUT2D eigenvalue weighted by Crippen LogP contribution is -2.18. The van der Waals surface area contributed by atoms with Gasteiger partial charge < -0.3 is 9.47 Å². The Kier molecular flexibility index (Phi) is 4.61. The largest absolute Gasteiger partial charge is 0.496 e. The number of rotatable bonds is 4. The molecule has 2 aromatic carbocycles. The Morgan fingerprint density at radius 3 is 2.46 bits per heavy atom. The normalized spacial score (nSPS) is 16.5. The Morgan fingerprint density at radius 2 is 1.88 bits per heavy atom. The predicted molar refractivity (Wildman–Crippen MR) is 96.8 cm³/mol. The van der Waals surface area contributed by atoms with Crippen LogP contribution in [-0.4, -0.2) is 13.1 Å². The van der Waals surface area contributed by atoms with E-state index in [0.717, 1.165) is 47.8 Å². The van der Waals surface area contributed by atoms with E-state index in [1.807, 2.05) is 24.3 Å². The van der Waals surface area contributed by atoms with Gasteiger partial charge in [-0.2, -0.15) is 0 Å². The zero-order valence-electron chi connectivity index (χ0n) is 14.6. The molecule has 126 valence electrons. The summed E-state index contributed by atoms with van der Waals surface area (Å²) in [6, 6.07) is 7.97. The van der Waals surface area contributed by atoms with E-state index >= 15 is 0 Å². The van der Waals surface area contributed by atoms with Crippen molar-refractivity contribution >= 4 is 16.7 Å². The van der Waals surface area contributed by atoms with Gasteiger partial charge in [-0.25, -0.2) is 4.79 Å². The Morgan fingerprint density at radius 1 is 1.21 bits per heavy atom. The lowest BCUT2D eigenvalue weighted by Gasteiger charge is -2.28. The SMILES string of the molecule is C=C(C)C(=O)Oc1c2c(c(OC)c3ccccc13)CCC(CC)C2. The highest BCUT2D eigenvalue weighted by Gasteiger charge is 2.28. The summed E-state index contributed by atoms with van der Waals surface area (Å²) >= 11 is 0. The maximum atomic E-state index is 12.2. The van der Waals surface area contributed by atoms with Gasteiger partial charge in [0, 0.05) is 27.5 Å². The number of fused-ring (bicyclic) bond motifs is 2. The smallest absolute Gasteiger partial charge is 0.338 e. The molecule has 1 aliphatic rings. The first kappa shape index (κ1) is 16.6. The maximum Gasteiger partial charge on any atom is 0.338 e. The van der Waals surface area contributed by atoms with Gasteiger partial charge in [-0.15, -0.1) is 0 Å². The zero-order chi connectivity index (χ0) is 17.3. The van der Waals surface area contributed by atoms with Crippen molar-refractivity contribution in [3.63, 3.8) is 0 Å². The number of carbonyl (C=O) groups is 1. The van der Waals surface area contributed by atoms with Gasteiger partial charge in [0.15, 0.2) is 0 Å². The molecule has 0 aromatic heterocycles. The van der Waals surface area contributed by atoms with Gasteiger partial charge in [0.05, 0.1) is 7.11 Å². The maximum absolute atomic E-state index is 12.2. The van der Waals surface area contributed by atoms with E-state index in [1.165, 1.54) is 5.56 Å². The molecule has 0 N–H and O–H groups in total. The van der Waals surface area contributed by atoms with Crippen LogP contribution in [-0.2, 0) is 17.6 Å². The molecule has 0 bridgehead atoms. The second-order valence-corrected chi connectivity index (χ2v) is 6.55. The molecule has 0 saturated carbocycles. The summed E-state index contributed by atoms with van der Waals surface area (Å²) < 4.78 is 11.5. The minimum atomic E-state index is -0.369. The molecule has 0 spiro atoms. The van der Waals surface area contributed by atoms with Crippen LogP contribution in [0.4, 0.5) is 0 Å². The summed E-state index contributed by atoms with van der Waals surface area (Å²) in [5, 5.41) is 1.93. The first-order valence-corrected chi connectivity index (χ1v) is 8.54. The average Bonchev–Trinajstić information content (AvgIpc) is 2.61. The summed E-state index contributed by atoms with van der Waals surface area (Å²) in [6.07, 6.45) is 4.15. The van der Waals surface area contributed by atoms with Crippen molar-refractivity contribution in [1.82, 2.24) is 0 Å². The van der Waals surface area contributed by atoms with Crippen LogP contribution in [0.3, 0.4) is 0 Å². The zero-order valence-corrected chi connectivity index (χ0v) is 14.6.